The lowest BCUT2D eigenvalue weighted by molar-refractivity contribution is 0.0472. The first-order valence-electron chi connectivity index (χ1n) is 6.39. The molecule has 2 aromatic rings. The molecular formula is C16H16BrNO2. The first-order valence-corrected chi connectivity index (χ1v) is 7.19. The third-order valence-corrected chi connectivity index (χ3v) is 3.37. The number of halogens is 1. The predicted octanol–water partition coefficient (Wildman–Crippen LogP) is 3.31. The normalized spacial score (nSPS) is 10.3. The third kappa shape index (κ3) is 4.18. The minimum atomic E-state index is -0.315. The summed E-state index contributed by atoms with van der Waals surface area (Å²) in [4.78, 5) is 11.9. The molecule has 0 heterocycles. The fourth-order valence-electron chi connectivity index (χ4n) is 1.83. The Balaban J connectivity index is 1.94. The van der Waals surface area contributed by atoms with Crippen LogP contribution < -0.4 is 5.73 Å². The van der Waals surface area contributed by atoms with E-state index in [-0.39, 0.29) is 12.6 Å². The molecule has 0 saturated heterocycles. The van der Waals surface area contributed by atoms with E-state index in [4.69, 9.17) is 10.5 Å². The Kier molecular flexibility index (Phi) is 5.32. The molecule has 4 heteroatoms. The van der Waals surface area contributed by atoms with Crippen LogP contribution in [0.5, 0.6) is 0 Å². The molecule has 20 heavy (non-hydrogen) atoms. The maximum Gasteiger partial charge on any atom is 0.338 e. The highest BCUT2D eigenvalue weighted by Gasteiger charge is 2.07. The van der Waals surface area contributed by atoms with Crippen molar-refractivity contribution in [3.8, 4) is 0 Å². The van der Waals surface area contributed by atoms with E-state index in [1.807, 2.05) is 36.4 Å². The molecule has 0 saturated carbocycles. The van der Waals surface area contributed by atoms with Gasteiger partial charge in [0.25, 0.3) is 0 Å². The largest absolute Gasteiger partial charge is 0.457 e. The molecule has 3 nitrogen and oxygen atoms in total. The number of carbonyl (C=O) groups is 1. The second-order valence-electron chi connectivity index (χ2n) is 4.44. The van der Waals surface area contributed by atoms with Crippen LogP contribution in [0.25, 0.3) is 0 Å². The summed E-state index contributed by atoms with van der Waals surface area (Å²) >= 11 is 3.39. The summed E-state index contributed by atoms with van der Waals surface area (Å²) in [7, 11) is 0. The van der Waals surface area contributed by atoms with Gasteiger partial charge in [-0.1, -0.05) is 40.2 Å². The summed E-state index contributed by atoms with van der Waals surface area (Å²) in [5.74, 6) is -0.315. The van der Waals surface area contributed by atoms with Crippen LogP contribution in [-0.4, -0.2) is 12.5 Å². The molecule has 0 aliphatic rings. The molecule has 0 aromatic heterocycles. The minimum absolute atomic E-state index is 0.267. The molecule has 2 N–H and O–H groups in total. The number of hydrogen-bond acceptors (Lipinski definition) is 3. The van der Waals surface area contributed by atoms with E-state index in [1.165, 1.54) is 0 Å². The van der Waals surface area contributed by atoms with Crippen molar-refractivity contribution in [1.82, 2.24) is 0 Å². The SMILES string of the molecule is NCCc1ccc(C(=O)OCc2cccc(Br)c2)cc1. The van der Waals surface area contributed by atoms with E-state index in [2.05, 4.69) is 15.9 Å². The number of hydrogen-bond donors (Lipinski definition) is 1. The van der Waals surface area contributed by atoms with E-state index >= 15 is 0 Å². The molecule has 2 aromatic carbocycles. The maximum atomic E-state index is 11.9. The van der Waals surface area contributed by atoms with Gasteiger partial charge >= 0.3 is 5.97 Å². The van der Waals surface area contributed by atoms with Crippen LogP contribution in [0, 0.1) is 0 Å². The van der Waals surface area contributed by atoms with E-state index < -0.39 is 0 Å². The number of carbonyl (C=O) groups excluding carboxylic acids is 1. The van der Waals surface area contributed by atoms with Crippen LogP contribution in [0.3, 0.4) is 0 Å². The quantitative estimate of drug-likeness (QED) is 0.854. The first-order chi connectivity index (χ1) is 9.69. The van der Waals surface area contributed by atoms with Crippen molar-refractivity contribution in [1.29, 1.82) is 0 Å². The lowest BCUT2D eigenvalue weighted by Gasteiger charge is -2.06. The van der Waals surface area contributed by atoms with Crippen molar-refractivity contribution in [3.63, 3.8) is 0 Å². The van der Waals surface area contributed by atoms with Gasteiger partial charge in [0, 0.05) is 4.47 Å². The monoisotopic (exact) mass is 333 g/mol. The second kappa shape index (κ2) is 7.22. The highest BCUT2D eigenvalue weighted by atomic mass is 79.9. The van der Waals surface area contributed by atoms with Gasteiger partial charge in [0.2, 0.25) is 0 Å². The zero-order valence-corrected chi connectivity index (χ0v) is 12.6. The van der Waals surface area contributed by atoms with Gasteiger partial charge < -0.3 is 10.5 Å². The van der Waals surface area contributed by atoms with Crippen molar-refractivity contribution in [2.75, 3.05) is 6.54 Å². The Morgan fingerprint density at radius 3 is 2.50 bits per heavy atom. The summed E-state index contributed by atoms with van der Waals surface area (Å²) in [5.41, 5.74) is 8.12. The van der Waals surface area contributed by atoms with Crippen LogP contribution in [0.1, 0.15) is 21.5 Å². The fraction of sp³-hybridized carbons (Fsp3) is 0.188. The highest BCUT2D eigenvalue weighted by Crippen LogP contribution is 2.13. The van der Waals surface area contributed by atoms with Crippen molar-refractivity contribution in [2.24, 2.45) is 5.73 Å². The molecule has 0 fully saturated rings. The Hall–Kier alpha value is -1.65. The molecule has 0 atom stereocenters. The smallest absolute Gasteiger partial charge is 0.338 e. The number of ether oxygens (including phenoxy) is 1. The fourth-order valence-corrected chi connectivity index (χ4v) is 2.28. The van der Waals surface area contributed by atoms with Crippen LogP contribution >= 0.6 is 15.9 Å². The molecule has 0 radical (unpaired) electrons. The van der Waals surface area contributed by atoms with Gasteiger partial charge in [-0.2, -0.15) is 0 Å². The van der Waals surface area contributed by atoms with E-state index in [0.29, 0.717) is 12.1 Å². The Bertz CT molecular complexity index is 581. The average molecular weight is 334 g/mol. The molecule has 0 unspecified atom stereocenters. The first kappa shape index (κ1) is 14.8. The van der Waals surface area contributed by atoms with E-state index in [9.17, 15) is 4.79 Å². The van der Waals surface area contributed by atoms with Gasteiger partial charge in [-0.25, -0.2) is 4.79 Å². The molecular weight excluding hydrogens is 318 g/mol. The van der Waals surface area contributed by atoms with Gasteiger partial charge in [0.1, 0.15) is 6.61 Å². The van der Waals surface area contributed by atoms with Gasteiger partial charge in [-0.3, -0.25) is 0 Å². The maximum absolute atomic E-state index is 11.9. The molecule has 0 spiro atoms. The zero-order chi connectivity index (χ0) is 14.4. The summed E-state index contributed by atoms with van der Waals surface area (Å²) in [6.07, 6.45) is 0.813. The molecule has 0 aliphatic heterocycles. The average Bonchev–Trinajstić information content (AvgIpc) is 2.46. The minimum Gasteiger partial charge on any atom is -0.457 e. The van der Waals surface area contributed by atoms with Crippen LogP contribution in [0.15, 0.2) is 53.0 Å². The van der Waals surface area contributed by atoms with Crippen molar-refractivity contribution in [3.05, 3.63) is 69.7 Å². The van der Waals surface area contributed by atoms with Gasteiger partial charge in [-0.15, -0.1) is 0 Å². The number of esters is 1. The topological polar surface area (TPSA) is 52.3 Å². The third-order valence-electron chi connectivity index (χ3n) is 2.88. The standard InChI is InChI=1S/C16H16BrNO2/c17-15-3-1-2-13(10-15)11-20-16(19)14-6-4-12(5-7-14)8-9-18/h1-7,10H,8-9,11,18H2. The zero-order valence-electron chi connectivity index (χ0n) is 11.0. The summed E-state index contributed by atoms with van der Waals surface area (Å²) in [6.45, 7) is 0.871. The van der Waals surface area contributed by atoms with Crippen LogP contribution in [0.4, 0.5) is 0 Å². The summed E-state index contributed by atoms with van der Waals surface area (Å²) in [5, 5.41) is 0. The van der Waals surface area contributed by atoms with Crippen molar-refractivity contribution < 1.29 is 9.53 Å². The Morgan fingerprint density at radius 2 is 1.85 bits per heavy atom. The lowest BCUT2D eigenvalue weighted by Crippen LogP contribution is -2.06. The van der Waals surface area contributed by atoms with Crippen molar-refractivity contribution in [2.45, 2.75) is 13.0 Å². The van der Waals surface area contributed by atoms with Gasteiger partial charge in [-0.05, 0) is 48.4 Å². The summed E-state index contributed by atoms with van der Waals surface area (Å²) < 4.78 is 6.25. The Labute approximate surface area is 126 Å². The van der Waals surface area contributed by atoms with E-state index in [1.54, 1.807) is 12.1 Å². The molecule has 0 bridgehead atoms. The molecule has 2 rings (SSSR count). The molecule has 0 aliphatic carbocycles. The highest BCUT2D eigenvalue weighted by molar-refractivity contribution is 9.10. The molecule has 104 valence electrons. The van der Waals surface area contributed by atoms with Crippen molar-refractivity contribution >= 4 is 21.9 Å². The number of nitrogens with two attached hydrogens (primary N) is 1. The number of rotatable bonds is 5. The van der Waals surface area contributed by atoms with Gasteiger partial charge in [0.15, 0.2) is 0 Å². The lowest BCUT2D eigenvalue weighted by atomic mass is 10.1. The molecule has 0 amide bonds. The van der Waals surface area contributed by atoms with Crippen LogP contribution in [0.2, 0.25) is 0 Å². The predicted molar refractivity (Wildman–Crippen MR) is 82.5 cm³/mol. The number of benzene rings is 2. The van der Waals surface area contributed by atoms with Crippen LogP contribution in [-0.2, 0) is 17.8 Å². The van der Waals surface area contributed by atoms with Gasteiger partial charge in [0.05, 0.1) is 5.56 Å². The summed E-state index contributed by atoms with van der Waals surface area (Å²) in [6, 6.07) is 15.0. The van der Waals surface area contributed by atoms with E-state index in [0.717, 1.165) is 22.0 Å². The second-order valence-corrected chi connectivity index (χ2v) is 5.36. The Morgan fingerprint density at radius 1 is 1.10 bits per heavy atom.